The Hall–Kier alpha value is -1.67. The molecular formula is C16H23N3O4S. The van der Waals surface area contributed by atoms with E-state index in [1.165, 1.54) is 17.5 Å². The number of amides is 2. The highest BCUT2D eigenvalue weighted by Crippen LogP contribution is 2.29. The first-order valence-corrected chi connectivity index (χ1v) is 9.24. The Labute approximate surface area is 145 Å². The highest BCUT2D eigenvalue weighted by molar-refractivity contribution is 7.17. The van der Waals surface area contributed by atoms with E-state index in [4.69, 9.17) is 9.47 Å². The molecule has 2 aliphatic rings. The normalized spacial score (nSPS) is 24.5. The smallest absolute Gasteiger partial charge is 0.350 e. The van der Waals surface area contributed by atoms with Gasteiger partial charge in [-0.25, -0.2) is 14.6 Å². The summed E-state index contributed by atoms with van der Waals surface area (Å²) < 4.78 is 10.7. The van der Waals surface area contributed by atoms with Gasteiger partial charge in [-0.05, 0) is 33.1 Å². The topological polar surface area (TPSA) is 72.0 Å². The van der Waals surface area contributed by atoms with E-state index in [2.05, 4.69) is 4.98 Å². The second kappa shape index (κ2) is 7.48. The Morgan fingerprint density at radius 3 is 3.04 bits per heavy atom. The third-order valence-corrected chi connectivity index (χ3v) is 5.33. The van der Waals surface area contributed by atoms with Gasteiger partial charge >= 0.3 is 12.0 Å². The van der Waals surface area contributed by atoms with Gasteiger partial charge in [-0.3, -0.25) is 4.90 Å². The zero-order valence-electron chi connectivity index (χ0n) is 14.1. The first kappa shape index (κ1) is 17.2. The average Bonchev–Trinajstić information content (AvgIpc) is 3.17. The maximum atomic E-state index is 12.7. The van der Waals surface area contributed by atoms with Crippen LogP contribution in [0.4, 0.5) is 9.93 Å². The molecule has 0 radical (unpaired) electrons. The summed E-state index contributed by atoms with van der Waals surface area (Å²) >= 11 is 1.19. The molecule has 0 bridgehead atoms. The van der Waals surface area contributed by atoms with Crippen LogP contribution in [0.5, 0.6) is 0 Å². The van der Waals surface area contributed by atoms with Crippen molar-refractivity contribution in [2.75, 3.05) is 31.2 Å². The van der Waals surface area contributed by atoms with Crippen molar-refractivity contribution in [2.45, 2.75) is 45.3 Å². The Bertz CT molecular complexity index is 600. The molecule has 2 fully saturated rings. The molecule has 8 heteroatoms. The summed E-state index contributed by atoms with van der Waals surface area (Å²) in [6, 6.07) is 0.0272. The van der Waals surface area contributed by atoms with Gasteiger partial charge in [0.05, 0.1) is 25.5 Å². The molecule has 0 saturated carbocycles. The highest BCUT2D eigenvalue weighted by Gasteiger charge is 2.38. The fraction of sp³-hybridized carbons (Fsp3) is 0.688. The van der Waals surface area contributed by atoms with Gasteiger partial charge in [-0.1, -0.05) is 11.3 Å². The largest absolute Gasteiger partial charge is 0.462 e. The van der Waals surface area contributed by atoms with Crippen molar-refractivity contribution in [3.8, 4) is 0 Å². The van der Waals surface area contributed by atoms with E-state index >= 15 is 0 Å². The molecule has 2 aliphatic heterocycles. The van der Waals surface area contributed by atoms with Gasteiger partial charge in [-0.15, -0.1) is 0 Å². The molecule has 7 nitrogen and oxygen atoms in total. The number of aromatic nitrogens is 1. The average molecular weight is 353 g/mol. The van der Waals surface area contributed by atoms with Crippen LogP contribution in [0, 0.1) is 0 Å². The van der Waals surface area contributed by atoms with E-state index in [0.29, 0.717) is 29.7 Å². The third-order valence-electron chi connectivity index (χ3n) is 4.33. The van der Waals surface area contributed by atoms with E-state index in [1.54, 1.807) is 11.8 Å². The van der Waals surface area contributed by atoms with Crippen LogP contribution in [0.2, 0.25) is 0 Å². The molecule has 2 saturated heterocycles. The molecule has 0 spiro atoms. The fourth-order valence-electron chi connectivity index (χ4n) is 3.06. The van der Waals surface area contributed by atoms with Crippen molar-refractivity contribution in [3.63, 3.8) is 0 Å². The summed E-state index contributed by atoms with van der Waals surface area (Å²) in [6.45, 7) is 6.08. The third kappa shape index (κ3) is 3.54. The zero-order valence-corrected chi connectivity index (χ0v) is 14.9. The van der Waals surface area contributed by atoms with Gasteiger partial charge in [0.15, 0.2) is 5.13 Å². The highest BCUT2D eigenvalue weighted by atomic mass is 32.1. The van der Waals surface area contributed by atoms with Crippen LogP contribution < -0.4 is 4.90 Å². The van der Waals surface area contributed by atoms with Crippen LogP contribution in [0.25, 0.3) is 0 Å². The van der Waals surface area contributed by atoms with E-state index < -0.39 is 5.97 Å². The van der Waals surface area contributed by atoms with Crippen LogP contribution >= 0.6 is 11.3 Å². The summed E-state index contributed by atoms with van der Waals surface area (Å²) in [7, 11) is 0. The van der Waals surface area contributed by atoms with Gasteiger partial charge in [0.2, 0.25) is 0 Å². The van der Waals surface area contributed by atoms with Gasteiger partial charge in [0, 0.05) is 19.2 Å². The molecule has 0 aliphatic carbocycles. The SMILES string of the molecule is CCOC(=O)c1cnc(N2CC(C)N(CC3CCCCO3)C2=O)s1. The van der Waals surface area contributed by atoms with Gasteiger partial charge < -0.3 is 14.4 Å². The predicted octanol–water partition coefficient (Wildman–Crippen LogP) is 2.52. The van der Waals surface area contributed by atoms with Crippen molar-refractivity contribution in [3.05, 3.63) is 11.1 Å². The monoisotopic (exact) mass is 353 g/mol. The van der Waals surface area contributed by atoms with Crippen LogP contribution in [-0.2, 0) is 9.47 Å². The molecule has 3 heterocycles. The van der Waals surface area contributed by atoms with Crippen molar-refractivity contribution < 1.29 is 19.1 Å². The summed E-state index contributed by atoms with van der Waals surface area (Å²) in [5.74, 6) is -0.395. The van der Waals surface area contributed by atoms with E-state index in [1.807, 2.05) is 11.8 Å². The maximum absolute atomic E-state index is 12.7. The second-order valence-electron chi connectivity index (χ2n) is 6.11. The maximum Gasteiger partial charge on any atom is 0.350 e. The quantitative estimate of drug-likeness (QED) is 0.761. The zero-order chi connectivity index (χ0) is 17.1. The Morgan fingerprint density at radius 2 is 2.33 bits per heavy atom. The van der Waals surface area contributed by atoms with E-state index in [0.717, 1.165) is 25.9 Å². The molecule has 24 heavy (non-hydrogen) atoms. The number of carbonyl (C=O) groups excluding carboxylic acids is 2. The molecule has 0 N–H and O–H groups in total. The van der Waals surface area contributed by atoms with Crippen LogP contribution in [0.3, 0.4) is 0 Å². The van der Waals surface area contributed by atoms with Gasteiger partial charge in [0.25, 0.3) is 0 Å². The van der Waals surface area contributed by atoms with E-state index in [-0.39, 0.29) is 18.2 Å². The Morgan fingerprint density at radius 1 is 1.50 bits per heavy atom. The lowest BCUT2D eigenvalue weighted by molar-refractivity contribution is -0.000371. The summed E-state index contributed by atoms with van der Waals surface area (Å²) in [6.07, 6.45) is 4.85. The number of ether oxygens (including phenoxy) is 2. The number of urea groups is 1. The number of hydrogen-bond donors (Lipinski definition) is 0. The first-order chi connectivity index (χ1) is 11.6. The Kier molecular flexibility index (Phi) is 5.35. The molecule has 0 aromatic carbocycles. The van der Waals surface area contributed by atoms with Crippen molar-refractivity contribution >= 4 is 28.5 Å². The number of anilines is 1. The summed E-state index contributed by atoms with van der Waals surface area (Å²) in [4.78, 5) is 32.6. The molecule has 2 amide bonds. The van der Waals surface area contributed by atoms with Crippen molar-refractivity contribution in [1.29, 1.82) is 0 Å². The van der Waals surface area contributed by atoms with Gasteiger partial charge in [0.1, 0.15) is 4.88 Å². The minimum Gasteiger partial charge on any atom is -0.462 e. The van der Waals surface area contributed by atoms with Crippen molar-refractivity contribution in [2.24, 2.45) is 0 Å². The second-order valence-corrected chi connectivity index (χ2v) is 7.12. The first-order valence-electron chi connectivity index (χ1n) is 8.42. The molecule has 1 aromatic rings. The van der Waals surface area contributed by atoms with E-state index in [9.17, 15) is 9.59 Å². The fourth-order valence-corrected chi connectivity index (χ4v) is 3.87. The minimum atomic E-state index is -0.395. The summed E-state index contributed by atoms with van der Waals surface area (Å²) in [5.41, 5.74) is 0. The summed E-state index contributed by atoms with van der Waals surface area (Å²) in [5, 5.41) is 0.543. The van der Waals surface area contributed by atoms with Crippen LogP contribution in [0.1, 0.15) is 42.8 Å². The molecule has 132 valence electrons. The number of thiazole rings is 1. The molecule has 1 aromatic heterocycles. The Balaban J connectivity index is 1.67. The molecule has 2 unspecified atom stereocenters. The molecule has 2 atom stereocenters. The standard InChI is InChI=1S/C16H23N3O4S/c1-3-22-14(20)13-8-17-15(24-13)19-9-11(2)18(16(19)21)10-12-6-4-5-7-23-12/h8,11-12H,3-7,9-10H2,1-2H3. The molecule has 3 rings (SSSR count). The predicted molar refractivity (Wildman–Crippen MR) is 90.6 cm³/mol. The lowest BCUT2D eigenvalue weighted by Gasteiger charge is -2.29. The number of hydrogen-bond acceptors (Lipinski definition) is 6. The lowest BCUT2D eigenvalue weighted by atomic mass is 10.1. The minimum absolute atomic E-state index is 0.0681. The number of nitrogens with zero attached hydrogens (tertiary/aromatic N) is 3. The van der Waals surface area contributed by atoms with Crippen molar-refractivity contribution in [1.82, 2.24) is 9.88 Å². The van der Waals surface area contributed by atoms with Crippen LogP contribution in [-0.4, -0.2) is 60.3 Å². The molecular weight excluding hydrogens is 330 g/mol. The lowest BCUT2D eigenvalue weighted by Crippen LogP contribution is -2.41. The van der Waals surface area contributed by atoms with Crippen LogP contribution in [0.15, 0.2) is 6.20 Å². The number of carbonyl (C=O) groups is 2. The number of esters is 1. The van der Waals surface area contributed by atoms with Gasteiger partial charge in [-0.2, -0.15) is 0 Å². The number of rotatable bonds is 5.